The first-order chi connectivity index (χ1) is 14.6. The number of nitrogens with one attached hydrogen (secondary N) is 2. The second kappa shape index (κ2) is 10.9. The van der Waals surface area contributed by atoms with Gasteiger partial charge in [-0.3, -0.25) is 4.79 Å². The Balaban J connectivity index is 1.84. The fraction of sp³-hybridized carbons (Fsp3) is 0.130. The van der Waals surface area contributed by atoms with Gasteiger partial charge in [-0.05, 0) is 47.7 Å². The molecule has 4 nitrogen and oxygen atoms in total. The summed E-state index contributed by atoms with van der Waals surface area (Å²) in [5, 5.41) is 19.0. The van der Waals surface area contributed by atoms with Gasteiger partial charge in [0.15, 0.2) is 0 Å². The average molecular weight is 454 g/mol. The Bertz CT molecular complexity index is 1070. The van der Waals surface area contributed by atoms with Crippen LogP contribution in [0.4, 0.5) is 5.69 Å². The summed E-state index contributed by atoms with van der Waals surface area (Å²) in [4.78, 5) is 13.8. The van der Waals surface area contributed by atoms with Gasteiger partial charge >= 0.3 is 0 Å². The molecule has 0 spiro atoms. The minimum atomic E-state index is -0.398. The Morgan fingerprint density at radius 2 is 1.90 bits per heavy atom. The Labute approximate surface area is 189 Å². The van der Waals surface area contributed by atoms with Gasteiger partial charge in [-0.2, -0.15) is 5.26 Å². The molecule has 0 fully saturated rings. The van der Waals surface area contributed by atoms with Crippen molar-refractivity contribution < 1.29 is 4.79 Å². The number of nitriles is 1. The number of thiophene rings is 1. The van der Waals surface area contributed by atoms with Gasteiger partial charge in [0.2, 0.25) is 0 Å². The maximum absolute atomic E-state index is 12.8. The molecule has 152 valence electrons. The van der Waals surface area contributed by atoms with E-state index in [1.165, 1.54) is 11.8 Å². The maximum Gasteiger partial charge on any atom is 0.264 e. The van der Waals surface area contributed by atoms with Crippen LogP contribution in [-0.4, -0.2) is 5.91 Å². The third-order valence-electron chi connectivity index (χ3n) is 4.26. The zero-order valence-corrected chi connectivity index (χ0v) is 18.7. The van der Waals surface area contributed by atoms with Crippen molar-refractivity contribution in [1.82, 2.24) is 5.32 Å². The summed E-state index contributed by atoms with van der Waals surface area (Å²) in [6.45, 7) is 2.37. The van der Waals surface area contributed by atoms with Crippen LogP contribution in [0.5, 0.6) is 0 Å². The number of benzene rings is 2. The van der Waals surface area contributed by atoms with Crippen LogP contribution < -0.4 is 10.6 Å². The van der Waals surface area contributed by atoms with Crippen LogP contribution in [0.25, 0.3) is 0 Å². The molecule has 2 N–H and O–H groups in total. The van der Waals surface area contributed by atoms with E-state index in [9.17, 15) is 10.1 Å². The third-order valence-corrected chi connectivity index (χ3v) is 6.46. The summed E-state index contributed by atoms with van der Waals surface area (Å²) in [7, 11) is 0. The molecule has 0 saturated carbocycles. The third kappa shape index (κ3) is 6.14. The topological polar surface area (TPSA) is 64.9 Å². The smallest absolute Gasteiger partial charge is 0.264 e. The summed E-state index contributed by atoms with van der Waals surface area (Å²) in [5.74, 6) is 0.194. The van der Waals surface area contributed by atoms with Crippen molar-refractivity contribution in [3.8, 4) is 6.07 Å². The first-order valence-corrected chi connectivity index (χ1v) is 11.5. The van der Waals surface area contributed by atoms with E-state index in [1.807, 2.05) is 73.0 Å². The molecule has 0 radical (unpaired) electrons. The maximum atomic E-state index is 12.8. The van der Waals surface area contributed by atoms with Gasteiger partial charge in [-0.1, -0.05) is 48.0 Å². The van der Waals surface area contributed by atoms with E-state index >= 15 is 0 Å². The Morgan fingerprint density at radius 1 is 1.13 bits per heavy atom. The largest absolute Gasteiger partial charge is 0.349 e. The lowest BCUT2D eigenvalue weighted by Crippen LogP contribution is -2.25. The minimum absolute atomic E-state index is 0.0637. The molecular weight excluding hydrogens is 434 g/mol. The first-order valence-electron chi connectivity index (χ1n) is 9.21. The molecule has 0 aliphatic carbocycles. The van der Waals surface area contributed by atoms with E-state index in [2.05, 4.69) is 16.7 Å². The van der Waals surface area contributed by atoms with Crippen molar-refractivity contribution in [2.75, 3.05) is 5.32 Å². The Hall–Kier alpha value is -2.72. The molecule has 2 aromatic carbocycles. The number of carbonyl (C=O) groups excluding carboxylic acids is 1. The molecule has 1 amide bonds. The van der Waals surface area contributed by atoms with Crippen molar-refractivity contribution in [2.45, 2.75) is 19.2 Å². The SMILES string of the molecule is Cc1ccccc1NC(SCc1ccc(Cl)cc1)=C(C#N)C(=O)NCc1cccs1. The van der Waals surface area contributed by atoms with Crippen LogP contribution in [0.3, 0.4) is 0 Å². The number of amides is 1. The highest BCUT2D eigenvalue weighted by atomic mass is 35.5. The lowest BCUT2D eigenvalue weighted by molar-refractivity contribution is -0.117. The molecular formula is C23H20ClN3OS2. The van der Waals surface area contributed by atoms with E-state index in [-0.39, 0.29) is 5.57 Å². The molecule has 1 aromatic heterocycles. The van der Waals surface area contributed by atoms with Crippen LogP contribution in [0.2, 0.25) is 5.02 Å². The zero-order chi connectivity index (χ0) is 21.3. The molecule has 0 aliphatic rings. The average Bonchev–Trinajstić information content (AvgIpc) is 3.27. The van der Waals surface area contributed by atoms with E-state index in [1.54, 1.807) is 11.3 Å². The van der Waals surface area contributed by atoms with Crippen LogP contribution in [-0.2, 0) is 17.1 Å². The van der Waals surface area contributed by atoms with Gasteiger partial charge in [0.05, 0.1) is 11.6 Å². The first kappa shape index (κ1) is 22.0. The molecule has 0 saturated heterocycles. The quantitative estimate of drug-likeness (QED) is 0.319. The molecule has 0 aliphatic heterocycles. The van der Waals surface area contributed by atoms with Gasteiger partial charge in [0.25, 0.3) is 5.91 Å². The van der Waals surface area contributed by atoms with Crippen molar-refractivity contribution in [1.29, 1.82) is 5.26 Å². The summed E-state index contributed by atoms with van der Waals surface area (Å²) in [6, 6.07) is 21.3. The van der Waals surface area contributed by atoms with Gasteiger partial charge in [0, 0.05) is 21.3 Å². The molecule has 3 rings (SSSR count). The summed E-state index contributed by atoms with van der Waals surface area (Å²) >= 11 is 8.94. The summed E-state index contributed by atoms with van der Waals surface area (Å²) < 4.78 is 0. The highest BCUT2D eigenvalue weighted by molar-refractivity contribution is 8.02. The molecule has 0 atom stereocenters. The van der Waals surface area contributed by atoms with Crippen LogP contribution in [0.15, 0.2) is 76.6 Å². The molecule has 7 heteroatoms. The number of para-hydroxylation sites is 1. The van der Waals surface area contributed by atoms with Crippen molar-refractivity contribution in [2.24, 2.45) is 0 Å². The predicted molar refractivity (Wildman–Crippen MR) is 126 cm³/mol. The van der Waals surface area contributed by atoms with Crippen LogP contribution in [0, 0.1) is 18.3 Å². The Morgan fingerprint density at radius 3 is 2.57 bits per heavy atom. The molecule has 30 heavy (non-hydrogen) atoms. The van der Waals surface area contributed by atoms with Crippen molar-refractivity contribution in [3.63, 3.8) is 0 Å². The van der Waals surface area contributed by atoms with Gasteiger partial charge in [-0.25, -0.2) is 0 Å². The number of anilines is 1. The molecule has 3 aromatic rings. The standard InChI is InChI=1S/C23H20ClN3OS2/c1-16-5-2-3-7-21(16)27-23(30-15-17-8-10-18(24)11-9-17)20(13-25)22(28)26-14-19-6-4-12-29-19/h2-12,27H,14-15H2,1H3,(H,26,28). The van der Waals surface area contributed by atoms with Gasteiger partial charge in [0.1, 0.15) is 11.6 Å². The van der Waals surface area contributed by atoms with Crippen LogP contribution in [0.1, 0.15) is 16.0 Å². The fourth-order valence-electron chi connectivity index (χ4n) is 2.62. The minimum Gasteiger partial charge on any atom is -0.349 e. The summed E-state index contributed by atoms with van der Waals surface area (Å²) in [5.41, 5.74) is 2.99. The monoisotopic (exact) mass is 453 g/mol. The Kier molecular flexibility index (Phi) is 7.97. The van der Waals surface area contributed by atoms with Gasteiger partial charge < -0.3 is 10.6 Å². The second-order valence-corrected chi connectivity index (χ2v) is 8.89. The van der Waals surface area contributed by atoms with E-state index in [4.69, 9.17) is 11.6 Å². The number of halogens is 1. The number of thioether (sulfide) groups is 1. The molecule has 1 heterocycles. The number of nitrogens with zero attached hydrogens (tertiary/aromatic N) is 1. The molecule has 0 unspecified atom stereocenters. The van der Waals surface area contributed by atoms with E-state index in [0.29, 0.717) is 22.3 Å². The number of aryl methyl sites for hydroxylation is 1. The van der Waals surface area contributed by atoms with Crippen molar-refractivity contribution in [3.05, 3.63) is 97.7 Å². The summed E-state index contributed by atoms with van der Waals surface area (Å²) in [6.07, 6.45) is 0. The second-order valence-electron chi connectivity index (χ2n) is 6.43. The van der Waals surface area contributed by atoms with Crippen LogP contribution >= 0.6 is 34.7 Å². The predicted octanol–water partition coefficient (Wildman–Crippen LogP) is 6.11. The van der Waals surface area contributed by atoms with Gasteiger partial charge in [-0.15, -0.1) is 23.1 Å². The highest BCUT2D eigenvalue weighted by Crippen LogP contribution is 2.28. The zero-order valence-electron chi connectivity index (χ0n) is 16.3. The number of hydrogen-bond acceptors (Lipinski definition) is 5. The lowest BCUT2D eigenvalue weighted by Gasteiger charge is -2.15. The molecule has 0 bridgehead atoms. The number of carbonyl (C=O) groups is 1. The van der Waals surface area contributed by atoms with Crippen molar-refractivity contribution >= 4 is 46.3 Å². The van der Waals surface area contributed by atoms with E-state index in [0.717, 1.165) is 21.7 Å². The normalized spacial score (nSPS) is 11.4. The highest BCUT2D eigenvalue weighted by Gasteiger charge is 2.17. The lowest BCUT2D eigenvalue weighted by atomic mass is 10.2. The number of rotatable bonds is 8. The fourth-order valence-corrected chi connectivity index (χ4v) is 4.35. The number of hydrogen-bond donors (Lipinski definition) is 2. The van der Waals surface area contributed by atoms with E-state index < -0.39 is 5.91 Å².